The van der Waals surface area contributed by atoms with Crippen LogP contribution in [0.3, 0.4) is 0 Å². The highest BCUT2D eigenvalue weighted by Gasteiger charge is 2.21. The van der Waals surface area contributed by atoms with Gasteiger partial charge >= 0.3 is 0 Å². The first-order chi connectivity index (χ1) is 9.32. The third kappa shape index (κ3) is 2.82. The fourth-order valence-electron chi connectivity index (χ4n) is 2.17. The van der Waals surface area contributed by atoms with Crippen molar-refractivity contribution in [3.63, 3.8) is 0 Å². The van der Waals surface area contributed by atoms with Crippen LogP contribution in [0.25, 0.3) is 11.3 Å². The van der Waals surface area contributed by atoms with Crippen molar-refractivity contribution in [3.8, 4) is 11.3 Å². The minimum absolute atomic E-state index is 0.0716. The molecule has 1 aromatic carbocycles. The lowest BCUT2D eigenvalue weighted by molar-refractivity contribution is 0.546. The highest BCUT2D eigenvalue weighted by atomic mass is 15.0. The van der Waals surface area contributed by atoms with Crippen LogP contribution in [0.15, 0.2) is 24.3 Å². The summed E-state index contributed by atoms with van der Waals surface area (Å²) in [5.41, 5.74) is 4.41. The normalized spacial score (nSPS) is 11.5. The van der Waals surface area contributed by atoms with Gasteiger partial charge in [0, 0.05) is 23.6 Å². The third-order valence-corrected chi connectivity index (χ3v) is 3.34. The van der Waals surface area contributed by atoms with E-state index in [2.05, 4.69) is 69.2 Å². The van der Waals surface area contributed by atoms with Crippen LogP contribution in [0.2, 0.25) is 0 Å². The number of aromatic nitrogens is 2. The number of rotatable bonds is 2. The van der Waals surface area contributed by atoms with Crippen molar-refractivity contribution in [2.75, 3.05) is 12.4 Å². The molecular formula is C17H23N3. The molecule has 1 heterocycles. The molecule has 0 aliphatic rings. The predicted molar refractivity (Wildman–Crippen MR) is 85.2 cm³/mol. The SMILES string of the molecule is CNc1nc(C(C)(C)C)nc(-c2cccc(C)c2)c1C. The van der Waals surface area contributed by atoms with E-state index >= 15 is 0 Å². The number of anilines is 1. The van der Waals surface area contributed by atoms with Crippen molar-refractivity contribution in [1.82, 2.24) is 9.97 Å². The first-order valence-electron chi connectivity index (χ1n) is 6.97. The second-order valence-corrected chi connectivity index (χ2v) is 6.24. The maximum atomic E-state index is 4.81. The quantitative estimate of drug-likeness (QED) is 0.892. The van der Waals surface area contributed by atoms with Gasteiger partial charge in [0.25, 0.3) is 0 Å². The highest BCUT2D eigenvalue weighted by molar-refractivity contribution is 5.68. The zero-order chi connectivity index (χ0) is 14.9. The molecule has 1 N–H and O–H groups in total. The smallest absolute Gasteiger partial charge is 0.136 e. The molecule has 1 aromatic heterocycles. The van der Waals surface area contributed by atoms with Crippen molar-refractivity contribution >= 4 is 5.82 Å². The van der Waals surface area contributed by atoms with E-state index in [4.69, 9.17) is 4.98 Å². The van der Waals surface area contributed by atoms with Gasteiger partial charge in [-0.2, -0.15) is 0 Å². The second kappa shape index (κ2) is 5.23. The molecule has 0 amide bonds. The molecule has 0 atom stereocenters. The molecule has 0 unspecified atom stereocenters. The second-order valence-electron chi connectivity index (χ2n) is 6.24. The van der Waals surface area contributed by atoms with Gasteiger partial charge in [-0.05, 0) is 19.9 Å². The summed E-state index contributed by atoms with van der Waals surface area (Å²) in [6, 6.07) is 8.45. The maximum absolute atomic E-state index is 4.81. The number of benzene rings is 1. The summed E-state index contributed by atoms with van der Waals surface area (Å²) in [7, 11) is 1.90. The Morgan fingerprint density at radius 1 is 1.05 bits per heavy atom. The Bertz CT molecular complexity index is 625. The minimum atomic E-state index is -0.0716. The molecule has 3 nitrogen and oxygen atoms in total. The number of nitrogens with zero attached hydrogens (tertiary/aromatic N) is 2. The van der Waals surface area contributed by atoms with Crippen LogP contribution in [-0.4, -0.2) is 17.0 Å². The fourth-order valence-corrected chi connectivity index (χ4v) is 2.17. The lowest BCUT2D eigenvalue weighted by Gasteiger charge is -2.20. The lowest BCUT2D eigenvalue weighted by atomic mass is 9.94. The van der Waals surface area contributed by atoms with E-state index in [0.717, 1.165) is 28.5 Å². The summed E-state index contributed by atoms with van der Waals surface area (Å²) in [5, 5.41) is 3.18. The van der Waals surface area contributed by atoms with Gasteiger partial charge in [-0.25, -0.2) is 9.97 Å². The Morgan fingerprint density at radius 3 is 2.30 bits per heavy atom. The summed E-state index contributed by atoms with van der Waals surface area (Å²) in [5.74, 6) is 1.77. The van der Waals surface area contributed by atoms with E-state index in [1.165, 1.54) is 5.56 Å². The summed E-state index contributed by atoms with van der Waals surface area (Å²) in [6.45, 7) is 10.6. The molecule has 2 aromatic rings. The van der Waals surface area contributed by atoms with Crippen molar-refractivity contribution in [2.45, 2.75) is 40.0 Å². The van der Waals surface area contributed by atoms with Crippen molar-refractivity contribution in [1.29, 1.82) is 0 Å². The molecule has 106 valence electrons. The van der Waals surface area contributed by atoms with Crippen LogP contribution in [0.1, 0.15) is 37.7 Å². The Hall–Kier alpha value is -1.90. The minimum Gasteiger partial charge on any atom is -0.373 e. The first-order valence-corrected chi connectivity index (χ1v) is 6.97. The summed E-state index contributed by atoms with van der Waals surface area (Å²) < 4.78 is 0. The Kier molecular flexibility index (Phi) is 3.80. The van der Waals surface area contributed by atoms with E-state index < -0.39 is 0 Å². The van der Waals surface area contributed by atoms with Gasteiger partial charge in [0.1, 0.15) is 11.6 Å². The van der Waals surface area contributed by atoms with Gasteiger partial charge in [0.05, 0.1) is 5.69 Å². The van der Waals surface area contributed by atoms with Crippen molar-refractivity contribution < 1.29 is 0 Å². The molecule has 0 spiro atoms. The van der Waals surface area contributed by atoms with Gasteiger partial charge in [0.2, 0.25) is 0 Å². The fraction of sp³-hybridized carbons (Fsp3) is 0.412. The molecule has 0 fully saturated rings. The average Bonchev–Trinajstić information content (AvgIpc) is 2.37. The highest BCUT2D eigenvalue weighted by Crippen LogP contribution is 2.29. The van der Waals surface area contributed by atoms with E-state index in [1.54, 1.807) is 0 Å². The predicted octanol–water partition coefficient (Wildman–Crippen LogP) is 4.10. The number of hydrogen-bond donors (Lipinski definition) is 1. The number of aryl methyl sites for hydroxylation is 1. The van der Waals surface area contributed by atoms with Crippen molar-refractivity contribution in [2.24, 2.45) is 0 Å². The molecule has 3 heteroatoms. The van der Waals surface area contributed by atoms with Crippen LogP contribution in [0, 0.1) is 13.8 Å². The summed E-state index contributed by atoms with van der Waals surface area (Å²) in [6.07, 6.45) is 0. The van der Waals surface area contributed by atoms with Gasteiger partial charge in [0.15, 0.2) is 0 Å². The van der Waals surface area contributed by atoms with Crippen LogP contribution in [0.4, 0.5) is 5.82 Å². The summed E-state index contributed by atoms with van der Waals surface area (Å²) in [4.78, 5) is 9.46. The van der Waals surface area contributed by atoms with Crippen LogP contribution < -0.4 is 5.32 Å². The van der Waals surface area contributed by atoms with Gasteiger partial charge in [-0.3, -0.25) is 0 Å². The molecule has 0 saturated heterocycles. The largest absolute Gasteiger partial charge is 0.373 e. The van der Waals surface area contributed by atoms with Gasteiger partial charge < -0.3 is 5.32 Å². The van der Waals surface area contributed by atoms with Crippen LogP contribution in [-0.2, 0) is 5.41 Å². The zero-order valence-electron chi connectivity index (χ0n) is 13.2. The zero-order valence-corrected chi connectivity index (χ0v) is 13.2. The van der Waals surface area contributed by atoms with Gasteiger partial charge in [-0.1, -0.05) is 44.5 Å². The average molecular weight is 269 g/mol. The molecule has 0 aliphatic carbocycles. The molecular weight excluding hydrogens is 246 g/mol. The van der Waals surface area contributed by atoms with Gasteiger partial charge in [-0.15, -0.1) is 0 Å². The molecule has 2 rings (SSSR count). The number of hydrogen-bond acceptors (Lipinski definition) is 3. The van der Waals surface area contributed by atoms with E-state index in [-0.39, 0.29) is 5.41 Å². The molecule has 20 heavy (non-hydrogen) atoms. The number of nitrogens with one attached hydrogen (secondary N) is 1. The van der Waals surface area contributed by atoms with Crippen LogP contribution >= 0.6 is 0 Å². The standard InChI is InChI=1S/C17H23N3/c1-11-8-7-9-13(10-11)14-12(2)15(18-6)20-16(19-14)17(3,4)5/h7-10H,1-6H3,(H,18,19,20). The Balaban J connectivity index is 2.68. The molecule has 0 bridgehead atoms. The molecule has 0 aliphatic heterocycles. The van der Waals surface area contributed by atoms with Crippen molar-refractivity contribution in [3.05, 3.63) is 41.2 Å². The molecule has 0 radical (unpaired) electrons. The molecule has 0 saturated carbocycles. The lowest BCUT2D eigenvalue weighted by Crippen LogP contribution is -2.18. The van der Waals surface area contributed by atoms with E-state index in [1.807, 2.05) is 7.05 Å². The topological polar surface area (TPSA) is 37.8 Å². The Morgan fingerprint density at radius 2 is 1.75 bits per heavy atom. The summed E-state index contributed by atoms with van der Waals surface area (Å²) >= 11 is 0. The maximum Gasteiger partial charge on any atom is 0.136 e. The van der Waals surface area contributed by atoms with Crippen LogP contribution in [0.5, 0.6) is 0 Å². The monoisotopic (exact) mass is 269 g/mol. The van der Waals surface area contributed by atoms with E-state index in [9.17, 15) is 0 Å². The van der Waals surface area contributed by atoms with E-state index in [0.29, 0.717) is 0 Å². The third-order valence-electron chi connectivity index (χ3n) is 3.34. The first kappa shape index (κ1) is 14.5. The Labute approximate surface area is 121 Å².